The summed E-state index contributed by atoms with van der Waals surface area (Å²) < 4.78 is 34.9. The molecule has 0 fully saturated rings. The highest BCUT2D eigenvalue weighted by Crippen LogP contribution is 2.22. The number of nitrogens with one attached hydrogen (secondary N) is 1. The van der Waals surface area contributed by atoms with Gasteiger partial charge in [0.2, 0.25) is 10.0 Å². The number of ether oxygens (including phenoxy) is 1. The molecular weight excluding hydrogens is 314 g/mol. The smallest absolute Gasteiger partial charge is 0.244 e. The van der Waals surface area contributed by atoms with Gasteiger partial charge in [0.15, 0.2) is 0 Å². The molecule has 1 aromatic heterocycles. The average molecular weight is 337 g/mol. The van der Waals surface area contributed by atoms with E-state index in [0.29, 0.717) is 11.4 Å². The largest absolute Gasteiger partial charge is 0.375 e. The summed E-state index contributed by atoms with van der Waals surface area (Å²) in [6.07, 6.45) is -0.344. The van der Waals surface area contributed by atoms with Crippen LogP contribution >= 0.6 is 0 Å². The van der Waals surface area contributed by atoms with Crippen LogP contribution in [-0.2, 0) is 21.8 Å². The molecule has 0 aliphatic carbocycles. The molecule has 0 spiro atoms. The van der Waals surface area contributed by atoms with Gasteiger partial charge < -0.3 is 4.74 Å². The van der Waals surface area contributed by atoms with E-state index in [1.165, 1.54) is 0 Å². The average Bonchev–Trinajstić information content (AvgIpc) is 2.74. The van der Waals surface area contributed by atoms with Crippen LogP contribution < -0.4 is 4.72 Å². The standard InChI is InChI=1S/C16H23N3O3S/c1-11-8-6-7-9-14(11)15(22-5)10-17-23(20,21)16-12(2)18-19(4)13(16)3/h6-9,15,17H,10H2,1-5H3/t15-/m1/s1. The Hall–Kier alpha value is -1.70. The van der Waals surface area contributed by atoms with Gasteiger partial charge in [-0.1, -0.05) is 24.3 Å². The van der Waals surface area contributed by atoms with Crippen LogP contribution in [0.25, 0.3) is 0 Å². The highest BCUT2D eigenvalue weighted by Gasteiger charge is 2.25. The van der Waals surface area contributed by atoms with Crippen molar-refractivity contribution in [2.24, 2.45) is 7.05 Å². The van der Waals surface area contributed by atoms with Crippen molar-refractivity contribution in [1.29, 1.82) is 0 Å². The summed E-state index contributed by atoms with van der Waals surface area (Å²) in [5.74, 6) is 0. The van der Waals surface area contributed by atoms with E-state index in [0.717, 1.165) is 11.1 Å². The molecule has 7 heteroatoms. The lowest BCUT2D eigenvalue weighted by Gasteiger charge is -2.18. The Kier molecular flexibility index (Phi) is 5.23. The first kappa shape index (κ1) is 17.7. The van der Waals surface area contributed by atoms with Gasteiger partial charge in [-0.15, -0.1) is 0 Å². The Morgan fingerprint density at radius 2 is 1.91 bits per heavy atom. The molecule has 126 valence electrons. The quantitative estimate of drug-likeness (QED) is 0.875. The van der Waals surface area contributed by atoms with Crippen LogP contribution in [0.5, 0.6) is 0 Å². The maximum Gasteiger partial charge on any atom is 0.244 e. The van der Waals surface area contributed by atoms with Crippen molar-refractivity contribution in [2.45, 2.75) is 31.8 Å². The van der Waals surface area contributed by atoms with Gasteiger partial charge >= 0.3 is 0 Å². The van der Waals surface area contributed by atoms with E-state index in [1.54, 1.807) is 32.7 Å². The van der Waals surface area contributed by atoms with Crippen LogP contribution in [0.4, 0.5) is 0 Å². The summed E-state index contributed by atoms with van der Waals surface area (Å²) in [6, 6.07) is 7.78. The third-order valence-electron chi connectivity index (χ3n) is 3.99. The van der Waals surface area contributed by atoms with Gasteiger partial charge in [0.25, 0.3) is 0 Å². The van der Waals surface area contributed by atoms with Crippen LogP contribution in [0, 0.1) is 20.8 Å². The fraction of sp³-hybridized carbons (Fsp3) is 0.438. The lowest BCUT2D eigenvalue weighted by molar-refractivity contribution is 0.107. The van der Waals surface area contributed by atoms with Gasteiger partial charge in [0.1, 0.15) is 4.90 Å². The summed E-state index contributed by atoms with van der Waals surface area (Å²) in [5.41, 5.74) is 3.13. The van der Waals surface area contributed by atoms with Crippen molar-refractivity contribution in [1.82, 2.24) is 14.5 Å². The molecule has 0 aliphatic heterocycles. The molecule has 0 saturated carbocycles. The zero-order valence-electron chi connectivity index (χ0n) is 14.1. The molecule has 0 amide bonds. The first-order chi connectivity index (χ1) is 10.8. The molecule has 1 heterocycles. The number of benzene rings is 1. The molecule has 0 radical (unpaired) electrons. The van der Waals surface area contributed by atoms with Gasteiger partial charge in [-0.05, 0) is 31.9 Å². The topological polar surface area (TPSA) is 73.2 Å². The second-order valence-electron chi connectivity index (χ2n) is 5.56. The van der Waals surface area contributed by atoms with Crippen molar-refractivity contribution in [3.63, 3.8) is 0 Å². The molecule has 1 atom stereocenters. The lowest BCUT2D eigenvalue weighted by Crippen LogP contribution is -2.30. The number of hydrogen-bond donors (Lipinski definition) is 1. The Morgan fingerprint density at radius 3 is 2.43 bits per heavy atom. The molecule has 2 rings (SSSR count). The minimum Gasteiger partial charge on any atom is -0.375 e. The van der Waals surface area contributed by atoms with Crippen LogP contribution in [0.1, 0.15) is 28.6 Å². The number of nitrogens with zero attached hydrogens (tertiary/aromatic N) is 2. The van der Waals surface area contributed by atoms with E-state index in [1.807, 2.05) is 31.2 Å². The molecule has 6 nitrogen and oxygen atoms in total. The minimum atomic E-state index is -3.64. The van der Waals surface area contributed by atoms with Gasteiger partial charge in [0.05, 0.1) is 17.5 Å². The molecule has 0 unspecified atom stereocenters. The first-order valence-electron chi connectivity index (χ1n) is 7.36. The van der Waals surface area contributed by atoms with Crippen molar-refractivity contribution in [3.8, 4) is 0 Å². The monoisotopic (exact) mass is 337 g/mol. The Bertz CT molecular complexity index is 797. The van der Waals surface area contributed by atoms with E-state index >= 15 is 0 Å². The lowest BCUT2D eigenvalue weighted by atomic mass is 10.0. The van der Waals surface area contributed by atoms with Gasteiger partial charge in [0, 0.05) is 20.7 Å². The Morgan fingerprint density at radius 1 is 1.26 bits per heavy atom. The maximum atomic E-state index is 12.6. The van der Waals surface area contributed by atoms with Crippen LogP contribution in [0.3, 0.4) is 0 Å². The number of methoxy groups -OCH3 is 1. The van der Waals surface area contributed by atoms with Crippen molar-refractivity contribution in [2.75, 3.05) is 13.7 Å². The summed E-state index contributed by atoms with van der Waals surface area (Å²) >= 11 is 0. The normalized spacial score (nSPS) is 13.3. The van der Waals surface area contributed by atoms with E-state index < -0.39 is 10.0 Å². The predicted molar refractivity (Wildman–Crippen MR) is 88.8 cm³/mol. The summed E-state index contributed by atoms with van der Waals surface area (Å²) in [4.78, 5) is 0.236. The summed E-state index contributed by atoms with van der Waals surface area (Å²) in [6.45, 7) is 5.57. The van der Waals surface area contributed by atoms with Gasteiger partial charge in [-0.3, -0.25) is 4.68 Å². The van der Waals surface area contributed by atoms with Crippen LogP contribution in [0.15, 0.2) is 29.2 Å². The molecule has 2 aromatic rings. The van der Waals surface area contributed by atoms with Crippen molar-refractivity contribution in [3.05, 3.63) is 46.8 Å². The zero-order chi connectivity index (χ0) is 17.2. The second-order valence-corrected chi connectivity index (χ2v) is 7.26. The Balaban J connectivity index is 2.23. The third-order valence-corrected chi connectivity index (χ3v) is 5.66. The third kappa shape index (κ3) is 3.63. The van der Waals surface area contributed by atoms with Crippen molar-refractivity contribution >= 4 is 10.0 Å². The van der Waals surface area contributed by atoms with Gasteiger partial charge in [-0.2, -0.15) is 5.10 Å². The van der Waals surface area contributed by atoms with Crippen LogP contribution in [-0.4, -0.2) is 31.9 Å². The van der Waals surface area contributed by atoms with Crippen LogP contribution in [0.2, 0.25) is 0 Å². The molecule has 23 heavy (non-hydrogen) atoms. The molecule has 0 aliphatic rings. The highest BCUT2D eigenvalue weighted by molar-refractivity contribution is 7.89. The predicted octanol–water partition coefficient (Wildman–Crippen LogP) is 2.01. The fourth-order valence-corrected chi connectivity index (χ4v) is 4.13. The number of sulfonamides is 1. The SMILES string of the molecule is CO[C@H](CNS(=O)(=O)c1c(C)nn(C)c1C)c1ccccc1C. The number of aryl methyl sites for hydroxylation is 3. The number of hydrogen-bond acceptors (Lipinski definition) is 4. The van der Waals surface area contributed by atoms with E-state index in [-0.39, 0.29) is 17.5 Å². The zero-order valence-corrected chi connectivity index (χ0v) is 14.9. The van der Waals surface area contributed by atoms with Gasteiger partial charge in [-0.25, -0.2) is 13.1 Å². The Labute approximate surface area is 137 Å². The molecule has 0 bridgehead atoms. The highest BCUT2D eigenvalue weighted by atomic mass is 32.2. The molecule has 1 aromatic carbocycles. The number of aromatic nitrogens is 2. The maximum absolute atomic E-state index is 12.6. The first-order valence-corrected chi connectivity index (χ1v) is 8.84. The molecular formula is C16H23N3O3S. The summed E-state index contributed by atoms with van der Waals surface area (Å²) in [7, 11) is -0.336. The molecule has 1 N–H and O–H groups in total. The minimum absolute atomic E-state index is 0.164. The second kappa shape index (κ2) is 6.82. The van der Waals surface area contributed by atoms with E-state index in [2.05, 4.69) is 9.82 Å². The van der Waals surface area contributed by atoms with E-state index in [4.69, 9.17) is 4.74 Å². The van der Waals surface area contributed by atoms with E-state index in [9.17, 15) is 8.42 Å². The summed E-state index contributed by atoms with van der Waals surface area (Å²) in [5, 5.41) is 4.16. The fourth-order valence-electron chi connectivity index (χ4n) is 2.67. The number of rotatable bonds is 6. The van der Waals surface area contributed by atoms with Crippen molar-refractivity contribution < 1.29 is 13.2 Å². The molecule has 0 saturated heterocycles.